The fourth-order valence-electron chi connectivity index (χ4n) is 1.87. The first kappa shape index (κ1) is 11.1. The summed E-state index contributed by atoms with van der Waals surface area (Å²) in [6.07, 6.45) is 1.49. The fraction of sp³-hybridized carbons (Fsp3) is 0.182. The average Bonchev–Trinajstić information content (AvgIpc) is 2.59. The van der Waals surface area contributed by atoms with Crippen LogP contribution >= 0.6 is 0 Å². The van der Waals surface area contributed by atoms with Gasteiger partial charge in [-0.1, -0.05) is 12.1 Å². The van der Waals surface area contributed by atoms with E-state index in [1.165, 1.54) is 12.3 Å². The number of aryl methyl sites for hydroxylation is 2. The van der Waals surface area contributed by atoms with Crippen LogP contribution < -0.4 is 5.73 Å². The molecule has 17 heavy (non-hydrogen) atoms. The van der Waals surface area contributed by atoms with Gasteiger partial charge in [0, 0.05) is 13.1 Å². The predicted molar refractivity (Wildman–Crippen MR) is 64.4 cm³/mol. The van der Waals surface area contributed by atoms with Crippen LogP contribution in [0.25, 0.3) is 11.3 Å². The van der Waals surface area contributed by atoms with Crippen LogP contribution in [0.15, 0.2) is 24.4 Å². The summed E-state index contributed by atoms with van der Waals surface area (Å²) >= 11 is 0. The fourth-order valence-corrected chi connectivity index (χ4v) is 1.87. The number of nitrogens with zero attached hydrogens (tertiary/aromatic N) is 3. The van der Waals surface area contributed by atoms with Crippen molar-refractivity contribution in [1.29, 1.82) is 0 Å². The van der Waals surface area contributed by atoms with Crippen molar-refractivity contribution in [2.24, 2.45) is 7.05 Å². The van der Waals surface area contributed by atoms with Gasteiger partial charge in [-0.25, -0.2) is 0 Å². The molecular weight excluding hydrogens is 220 g/mol. The van der Waals surface area contributed by atoms with Gasteiger partial charge in [-0.15, -0.1) is 0 Å². The number of aromatic nitrogens is 2. The van der Waals surface area contributed by atoms with Crippen LogP contribution in [0, 0.1) is 17.0 Å². The summed E-state index contributed by atoms with van der Waals surface area (Å²) in [6, 6.07) is 4.94. The quantitative estimate of drug-likeness (QED) is 0.632. The number of hydrogen-bond donors (Lipinski definition) is 1. The maximum Gasteiger partial charge on any atom is 0.279 e. The van der Waals surface area contributed by atoms with Crippen molar-refractivity contribution >= 4 is 11.4 Å². The standard InChI is InChI=1S/C11H12N4O2/c1-7-4-3-5-9(15(16)17)10(7)11-8(12)6-13-14(11)2/h3-6H,12H2,1-2H3. The molecule has 2 rings (SSSR count). The van der Waals surface area contributed by atoms with Gasteiger partial charge >= 0.3 is 0 Å². The van der Waals surface area contributed by atoms with E-state index >= 15 is 0 Å². The third-order valence-corrected chi connectivity index (χ3v) is 2.65. The molecule has 0 saturated carbocycles. The van der Waals surface area contributed by atoms with Gasteiger partial charge < -0.3 is 5.73 Å². The molecule has 0 atom stereocenters. The number of nitro benzene ring substituents is 1. The Labute approximate surface area is 97.8 Å². The van der Waals surface area contributed by atoms with Gasteiger partial charge in [0.05, 0.1) is 28.1 Å². The molecule has 1 aromatic carbocycles. The van der Waals surface area contributed by atoms with Crippen molar-refractivity contribution < 1.29 is 4.92 Å². The molecule has 0 unspecified atom stereocenters. The van der Waals surface area contributed by atoms with Gasteiger partial charge in [-0.05, 0) is 12.5 Å². The topological polar surface area (TPSA) is 87.0 Å². The Morgan fingerprint density at radius 1 is 1.47 bits per heavy atom. The molecule has 2 aromatic rings. The zero-order valence-corrected chi connectivity index (χ0v) is 9.54. The van der Waals surface area contributed by atoms with Gasteiger partial charge in [-0.3, -0.25) is 14.8 Å². The van der Waals surface area contributed by atoms with Gasteiger partial charge in [0.2, 0.25) is 0 Å². The van der Waals surface area contributed by atoms with E-state index in [2.05, 4.69) is 5.10 Å². The minimum absolute atomic E-state index is 0.0419. The maximum absolute atomic E-state index is 11.0. The molecule has 0 fully saturated rings. The Bertz CT molecular complexity index is 570. The highest BCUT2D eigenvalue weighted by molar-refractivity contribution is 5.81. The van der Waals surface area contributed by atoms with E-state index in [4.69, 9.17) is 5.73 Å². The second-order valence-corrected chi connectivity index (χ2v) is 3.80. The summed E-state index contributed by atoms with van der Waals surface area (Å²) in [4.78, 5) is 10.6. The van der Waals surface area contributed by atoms with Crippen molar-refractivity contribution in [1.82, 2.24) is 9.78 Å². The van der Waals surface area contributed by atoms with E-state index in [1.54, 1.807) is 17.8 Å². The van der Waals surface area contributed by atoms with E-state index < -0.39 is 4.92 Å². The Morgan fingerprint density at radius 3 is 2.71 bits per heavy atom. The largest absolute Gasteiger partial charge is 0.396 e. The van der Waals surface area contributed by atoms with Gasteiger partial charge in [0.25, 0.3) is 5.69 Å². The van der Waals surface area contributed by atoms with E-state index in [-0.39, 0.29) is 5.69 Å². The lowest BCUT2D eigenvalue weighted by atomic mass is 10.0. The molecule has 0 aliphatic heterocycles. The highest BCUT2D eigenvalue weighted by Crippen LogP contribution is 2.35. The number of anilines is 1. The summed E-state index contributed by atoms with van der Waals surface area (Å²) in [5.41, 5.74) is 8.18. The molecule has 0 aliphatic carbocycles. The van der Waals surface area contributed by atoms with Gasteiger partial charge in [0.15, 0.2) is 0 Å². The van der Waals surface area contributed by atoms with Crippen LogP contribution in [0.2, 0.25) is 0 Å². The van der Waals surface area contributed by atoms with Gasteiger partial charge in [-0.2, -0.15) is 5.10 Å². The number of hydrogen-bond acceptors (Lipinski definition) is 4. The molecule has 88 valence electrons. The first-order valence-corrected chi connectivity index (χ1v) is 5.04. The highest BCUT2D eigenvalue weighted by Gasteiger charge is 2.21. The summed E-state index contributed by atoms with van der Waals surface area (Å²) < 4.78 is 1.55. The first-order valence-electron chi connectivity index (χ1n) is 5.04. The molecule has 6 nitrogen and oxygen atoms in total. The van der Waals surface area contributed by atoms with Crippen molar-refractivity contribution in [3.8, 4) is 11.3 Å². The number of nitrogens with two attached hydrogens (primary N) is 1. The van der Waals surface area contributed by atoms with Crippen molar-refractivity contribution in [2.45, 2.75) is 6.92 Å². The lowest BCUT2D eigenvalue weighted by Crippen LogP contribution is -2.01. The maximum atomic E-state index is 11.0. The molecule has 1 heterocycles. The predicted octanol–water partition coefficient (Wildman–Crippen LogP) is 1.89. The summed E-state index contributed by atoms with van der Waals surface area (Å²) in [6.45, 7) is 1.81. The molecule has 0 amide bonds. The zero-order valence-electron chi connectivity index (χ0n) is 9.54. The van der Waals surface area contributed by atoms with Crippen LogP contribution in [-0.4, -0.2) is 14.7 Å². The van der Waals surface area contributed by atoms with Crippen LogP contribution in [0.5, 0.6) is 0 Å². The summed E-state index contributed by atoms with van der Waals surface area (Å²) in [7, 11) is 1.71. The highest BCUT2D eigenvalue weighted by atomic mass is 16.6. The molecular formula is C11H12N4O2. The lowest BCUT2D eigenvalue weighted by molar-refractivity contribution is -0.384. The monoisotopic (exact) mass is 232 g/mol. The third-order valence-electron chi connectivity index (χ3n) is 2.65. The average molecular weight is 232 g/mol. The van der Waals surface area contributed by atoms with Crippen LogP contribution in [0.3, 0.4) is 0 Å². The number of benzene rings is 1. The Morgan fingerprint density at radius 2 is 2.18 bits per heavy atom. The van der Waals surface area contributed by atoms with E-state index in [0.717, 1.165) is 5.56 Å². The molecule has 0 spiro atoms. The molecule has 0 bridgehead atoms. The number of nitro groups is 1. The van der Waals surface area contributed by atoms with Crippen molar-refractivity contribution in [3.63, 3.8) is 0 Å². The Balaban J connectivity index is 2.79. The molecule has 0 saturated heterocycles. The first-order chi connectivity index (χ1) is 8.02. The lowest BCUT2D eigenvalue weighted by Gasteiger charge is -2.08. The second-order valence-electron chi connectivity index (χ2n) is 3.80. The molecule has 0 aliphatic rings. The molecule has 6 heteroatoms. The molecule has 0 radical (unpaired) electrons. The number of rotatable bonds is 2. The van der Waals surface area contributed by atoms with E-state index in [9.17, 15) is 10.1 Å². The SMILES string of the molecule is Cc1cccc([N+](=O)[O-])c1-c1c(N)cnn1C. The van der Waals surface area contributed by atoms with Crippen LogP contribution in [0.1, 0.15) is 5.56 Å². The van der Waals surface area contributed by atoms with Gasteiger partial charge in [0.1, 0.15) is 0 Å². The van der Waals surface area contributed by atoms with Crippen LogP contribution in [0.4, 0.5) is 11.4 Å². The zero-order chi connectivity index (χ0) is 12.6. The van der Waals surface area contributed by atoms with Crippen molar-refractivity contribution in [2.75, 3.05) is 5.73 Å². The molecule has 1 aromatic heterocycles. The van der Waals surface area contributed by atoms with Crippen molar-refractivity contribution in [3.05, 3.63) is 40.1 Å². The Hall–Kier alpha value is -2.37. The summed E-state index contributed by atoms with van der Waals surface area (Å²) in [5.74, 6) is 0. The summed E-state index contributed by atoms with van der Waals surface area (Å²) in [5, 5.41) is 15.0. The second kappa shape index (κ2) is 3.89. The minimum atomic E-state index is -0.408. The molecule has 2 N–H and O–H groups in total. The van der Waals surface area contributed by atoms with E-state index in [1.807, 2.05) is 13.0 Å². The van der Waals surface area contributed by atoms with E-state index in [0.29, 0.717) is 16.9 Å². The normalized spacial score (nSPS) is 10.5. The third kappa shape index (κ3) is 1.73. The minimum Gasteiger partial charge on any atom is -0.396 e. The number of nitrogen functional groups attached to an aromatic ring is 1. The smallest absolute Gasteiger partial charge is 0.279 e. The van der Waals surface area contributed by atoms with Crippen LogP contribution in [-0.2, 0) is 7.05 Å². The Kier molecular flexibility index (Phi) is 2.55.